The number of hydrogen-bond acceptors (Lipinski definition) is 7. The van der Waals surface area contributed by atoms with Gasteiger partial charge in [-0.3, -0.25) is 0 Å². The van der Waals surface area contributed by atoms with Crippen molar-refractivity contribution in [3.8, 4) is 0 Å². The van der Waals surface area contributed by atoms with E-state index in [-0.39, 0.29) is 58.7 Å². The Morgan fingerprint density at radius 3 is 1.71 bits per heavy atom. The Bertz CT molecular complexity index is 1040. The Labute approximate surface area is 246 Å². The minimum absolute atomic E-state index is 0.0141. The zero-order valence-corrected chi connectivity index (χ0v) is 26.2. The fourth-order valence-electron chi connectivity index (χ4n) is 12.1. The van der Waals surface area contributed by atoms with Crippen LogP contribution in [0, 0.1) is 47.3 Å². The lowest BCUT2D eigenvalue weighted by Crippen LogP contribution is -2.71. The second-order valence-electron chi connectivity index (χ2n) is 16.7. The molecule has 4 aliphatic carbocycles. The first kappa shape index (κ1) is 28.2. The van der Waals surface area contributed by atoms with Crippen LogP contribution in [-0.2, 0) is 29.0 Å². The van der Waals surface area contributed by atoms with Gasteiger partial charge in [-0.2, -0.15) is 0 Å². The van der Waals surface area contributed by atoms with Crippen LogP contribution < -0.4 is 0 Å². The quantitative estimate of drug-likeness (QED) is 0.405. The zero-order chi connectivity index (χ0) is 28.5. The van der Waals surface area contributed by atoms with E-state index in [1.165, 1.54) is 12.8 Å². The molecular weight excluding hydrogens is 520 g/mol. The minimum atomic E-state index is -0.578. The Kier molecular flexibility index (Phi) is 6.45. The summed E-state index contributed by atoms with van der Waals surface area (Å²) in [5, 5.41) is 12.0. The molecule has 0 aromatic carbocycles. The second kappa shape index (κ2) is 9.37. The molecule has 6 saturated heterocycles. The number of ether oxygens (including phenoxy) is 2. The normalized spacial score (nSPS) is 61.8. The molecular formula is C34H54O7. The molecule has 17 atom stereocenters. The summed E-state index contributed by atoms with van der Waals surface area (Å²) < 4.78 is 14.1. The fourth-order valence-corrected chi connectivity index (χ4v) is 12.1. The van der Waals surface area contributed by atoms with Gasteiger partial charge in [-0.25, -0.2) is 19.6 Å². The predicted molar refractivity (Wildman–Crippen MR) is 151 cm³/mol. The van der Waals surface area contributed by atoms with Crippen molar-refractivity contribution in [1.29, 1.82) is 0 Å². The first-order valence-electron chi connectivity index (χ1n) is 17.2. The van der Waals surface area contributed by atoms with Crippen LogP contribution in [0.2, 0.25) is 0 Å². The molecule has 7 nitrogen and oxygen atoms in total. The van der Waals surface area contributed by atoms with E-state index in [4.69, 9.17) is 29.0 Å². The van der Waals surface area contributed by atoms with Gasteiger partial charge in [0.25, 0.3) is 0 Å². The SMILES string of the molecule is C[C@H]1[C@@H](C[C@@H](O)C2O[C@@H]3C[C@]4(C)CC[C@H]5[C@H](C)CC[C@@H]([C@H]2C)[C@@]35OO4)O[C@@H]2C[C@]3(C)CC[C@H]4[C@H](C)CC[C@@H]1[C@@]24OO3. The van der Waals surface area contributed by atoms with Crippen molar-refractivity contribution in [3.05, 3.63) is 0 Å². The lowest BCUT2D eigenvalue weighted by Gasteiger charge is -2.62. The highest BCUT2D eigenvalue weighted by Gasteiger charge is 2.70. The van der Waals surface area contributed by atoms with E-state index in [9.17, 15) is 5.11 Å². The maximum Gasteiger partial charge on any atom is 0.136 e. The summed E-state index contributed by atoms with van der Waals surface area (Å²) in [7, 11) is 0. The third kappa shape index (κ3) is 3.81. The third-order valence-corrected chi connectivity index (χ3v) is 14.4. The van der Waals surface area contributed by atoms with Gasteiger partial charge in [0.2, 0.25) is 0 Å². The molecule has 10 aliphatic rings. The van der Waals surface area contributed by atoms with E-state index in [1.54, 1.807) is 0 Å². The molecule has 2 spiro atoms. The van der Waals surface area contributed by atoms with Gasteiger partial charge >= 0.3 is 0 Å². The molecule has 0 amide bonds. The maximum absolute atomic E-state index is 12.0. The van der Waals surface area contributed by atoms with Crippen molar-refractivity contribution < 1.29 is 34.1 Å². The zero-order valence-electron chi connectivity index (χ0n) is 26.2. The van der Waals surface area contributed by atoms with Crippen molar-refractivity contribution in [2.24, 2.45) is 47.3 Å². The Balaban J connectivity index is 1.06. The van der Waals surface area contributed by atoms with Gasteiger partial charge in [0, 0.05) is 19.3 Å². The van der Waals surface area contributed by atoms with E-state index in [1.807, 2.05) is 0 Å². The average Bonchev–Trinajstić information content (AvgIpc) is 3.31. The lowest BCUT2D eigenvalue weighted by atomic mass is 9.55. The minimum Gasteiger partial charge on any atom is -0.390 e. The van der Waals surface area contributed by atoms with Crippen LogP contribution in [-0.4, -0.2) is 58.0 Å². The van der Waals surface area contributed by atoms with Gasteiger partial charge in [-0.1, -0.05) is 27.7 Å². The van der Waals surface area contributed by atoms with Gasteiger partial charge in [-0.15, -0.1) is 0 Å². The average molecular weight is 575 g/mol. The largest absolute Gasteiger partial charge is 0.390 e. The highest BCUT2D eigenvalue weighted by atomic mass is 17.2. The van der Waals surface area contributed by atoms with Crippen molar-refractivity contribution in [3.63, 3.8) is 0 Å². The highest BCUT2D eigenvalue weighted by Crippen LogP contribution is 2.64. The number of aliphatic hydroxyl groups excluding tert-OH is 1. The van der Waals surface area contributed by atoms with E-state index in [2.05, 4.69) is 41.5 Å². The van der Waals surface area contributed by atoms with Gasteiger partial charge in [0.05, 0.1) is 30.5 Å². The summed E-state index contributed by atoms with van der Waals surface area (Å²) in [4.78, 5) is 25.4. The van der Waals surface area contributed by atoms with Crippen LogP contribution in [0.3, 0.4) is 0 Å². The molecule has 6 heterocycles. The first-order chi connectivity index (χ1) is 19.5. The summed E-state index contributed by atoms with van der Waals surface area (Å²) in [6.45, 7) is 13.8. The molecule has 4 bridgehead atoms. The summed E-state index contributed by atoms with van der Waals surface area (Å²) in [5.74, 6) is 3.34. The maximum atomic E-state index is 12.0. The van der Waals surface area contributed by atoms with E-state index in [0.29, 0.717) is 41.9 Å². The summed E-state index contributed by atoms with van der Waals surface area (Å²) in [6, 6.07) is 0. The summed E-state index contributed by atoms with van der Waals surface area (Å²) >= 11 is 0. The summed E-state index contributed by atoms with van der Waals surface area (Å²) in [5.41, 5.74) is -1.34. The molecule has 1 unspecified atom stereocenters. The van der Waals surface area contributed by atoms with Crippen LogP contribution >= 0.6 is 0 Å². The van der Waals surface area contributed by atoms with Crippen molar-refractivity contribution in [2.45, 2.75) is 165 Å². The van der Waals surface area contributed by atoms with E-state index < -0.39 is 6.10 Å². The highest BCUT2D eigenvalue weighted by molar-refractivity contribution is 5.16. The molecule has 0 aromatic heterocycles. The Hall–Kier alpha value is -0.280. The molecule has 7 heteroatoms. The van der Waals surface area contributed by atoms with Crippen molar-refractivity contribution in [1.82, 2.24) is 0 Å². The van der Waals surface area contributed by atoms with Crippen LogP contribution in [0.1, 0.15) is 112 Å². The smallest absolute Gasteiger partial charge is 0.136 e. The Morgan fingerprint density at radius 1 is 0.634 bits per heavy atom. The monoisotopic (exact) mass is 574 g/mol. The number of fused-ring (bicyclic) bond motifs is 4. The molecule has 10 fully saturated rings. The molecule has 232 valence electrons. The molecule has 1 N–H and O–H groups in total. The van der Waals surface area contributed by atoms with Crippen molar-refractivity contribution >= 4 is 0 Å². The molecule has 0 aromatic rings. The first-order valence-corrected chi connectivity index (χ1v) is 17.2. The number of rotatable bonds is 3. The summed E-state index contributed by atoms with van der Waals surface area (Å²) in [6.07, 6.45) is 10.5. The number of hydrogen-bond donors (Lipinski definition) is 1. The van der Waals surface area contributed by atoms with Gasteiger partial charge in [0.15, 0.2) is 0 Å². The van der Waals surface area contributed by atoms with Gasteiger partial charge < -0.3 is 14.6 Å². The number of aliphatic hydroxyl groups is 1. The van der Waals surface area contributed by atoms with E-state index >= 15 is 0 Å². The van der Waals surface area contributed by atoms with E-state index in [0.717, 1.165) is 51.4 Å². The van der Waals surface area contributed by atoms with Gasteiger partial charge in [-0.05, 0) is 113 Å². The second-order valence-corrected chi connectivity index (χ2v) is 16.7. The Morgan fingerprint density at radius 2 is 1.15 bits per heavy atom. The molecule has 6 aliphatic heterocycles. The van der Waals surface area contributed by atoms with Crippen LogP contribution in [0.25, 0.3) is 0 Å². The topological polar surface area (TPSA) is 75.6 Å². The molecule has 0 radical (unpaired) electrons. The molecule has 10 rings (SSSR count). The predicted octanol–water partition coefficient (Wildman–Crippen LogP) is 6.16. The van der Waals surface area contributed by atoms with Gasteiger partial charge in [0.1, 0.15) is 22.4 Å². The van der Waals surface area contributed by atoms with Crippen LogP contribution in [0.5, 0.6) is 0 Å². The van der Waals surface area contributed by atoms with Crippen LogP contribution in [0.15, 0.2) is 0 Å². The van der Waals surface area contributed by atoms with Crippen molar-refractivity contribution in [2.75, 3.05) is 0 Å². The lowest BCUT2D eigenvalue weighted by molar-refractivity contribution is -0.491. The standard InChI is InChI=1S/C34H54O7/c1-18-7-9-24-20(3)27(36-28-16-31(5)13-11-22(18)33(24,28)40-38-31)15-26(35)30-21(4)25-10-8-19(2)23-12-14-32(6)17-29(37-30)34(23,25)41-39-32/h18-30,35H,7-17H2,1-6H3/t18-,19-,20-,21-,22+,23+,24+,25+,26-,27-,28-,29-,30?,31+,32+,33-,34-/m1/s1. The third-order valence-electron chi connectivity index (χ3n) is 14.4. The fraction of sp³-hybridized carbons (Fsp3) is 1.00. The molecule has 41 heavy (non-hydrogen) atoms. The van der Waals surface area contributed by atoms with Crippen LogP contribution in [0.4, 0.5) is 0 Å². The molecule has 4 saturated carbocycles.